The predicted octanol–water partition coefficient (Wildman–Crippen LogP) is 2.75. The Hall–Kier alpha value is -1.89. The van der Waals surface area contributed by atoms with Gasteiger partial charge in [0, 0.05) is 10.6 Å². The molecule has 0 saturated carbocycles. The van der Waals surface area contributed by atoms with Gasteiger partial charge in [-0.3, -0.25) is 4.79 Å². The summed E-state index contributed by atoms with van der Waals surface area (Å²) in [7, 11) is 0. The minimum absolute atomic E-state index is 0.126. The Morgan fingerprint density at radius 2 is 2.06 bits per heavy atom. The van der Waals surface area contributed by atoms with Crippen molar-refractivity contribution in [2.45, 2.75) is 6.18 Å². The van der Waals surface area contributed by atoms with E-state index >= 15 is 0 Å². The second-order valence-electron chi connectivity index (χ2n) is 3.37. The Bertz CT molecular complexity index is 594. The van der Waals surface area contributed by atoms with E-state index < -0.39 is 11.9 Å². The van der Waals surface area contributed by atoms with Crippen LogP contribution in [0.2, 0.25) is 5.02 Å². The van der Waals surface area contributed by atoms with Crippen molar-refractivity contribution in [1.29, 1.82) is 0 Å². The van der Waals surface area contributed by atoms with E-state index in [0.29, 0.717) is 17.5 Å². The Morgan fingerprint density at radius 1 is 1.33 bits per heavy atom. The van der Waals surface area contributed by atoms with Crippen molar-refractivity contribution in [1.82, 2.24) is 15.0 Å². The van der Waals surface area contributed by atoms with Crippen molar-refractivity contribution >= 4 is 17.9 Å². The first-order valence-corrected chi connectivity index (χ1v) is 5.04. The first kappa shape index (κ1) is 12.6. The topological polar surface area (TPSA) is 47.8 Å². The van der Waals surface area contributed by atoms with Gasteiger partial charge in [-0.15, -0.1) is 5.10 Å². The average molecular weight is 276 g/mol. The normalized spacial score (nSPS) is 11.6. The summed E-state index contributed by atoms with van der Waals surface area (Å²) < 4.78 is 37.9. The van der Waals surface area contributed by atoms with Crippen LogP contribution in [-0.4, -0.2) is 21.3 Å². The maximum absolute atomic E-state index is 12.4. The van der Waals surface area contributed by atoms with Gasteiger partial charge < -0.3 is 0 Å². The highest BCUT2D eigenvalue weighted by molar-refractivity contribution is 6.30. The molecular weight excluding hydrogens is 271 g/mol. The van der Waals surface area contributed by atoms with E-state index in [4.69, 9.17) is 11.6 Å². The van der Waals surface area contributed by atoms with Crippen LogP contribution in [0.25, 0.3) is 5.69 Å². The maximum atomic E-state index is 12.4. The molecule has 94 valence electrons. The molecule has 2 rings (SSSR count). The lowest BCUT2D eigenvalue weighted by atomic mass is 10.2. The van der Waals surface area contributed by atoms with Gasteiger partial charge in [-0.1, -0.05) is 16.8 Å². The van der Waals surface area contributed by atoms with E-state index in [1.807, 2.05) is 0 Å². The molecule has 0 spiro atoms. The van der Waals surface area contributed by atoms with Gasteiger partial charge in [0.1, 0.15) is 0 Å². The van der Waals surface area contributed by atoms with Gasteiger partial charge in [-0.25, -0.2) is 4.68 Å². The van der Waals surface area contributed by atoms with E-state index in [9.17, 15) is 18.0 Å². The lowest BCUT2D eigenvalue weighted by Crippen LogP contribution is -2.05. The minimum Gasteiger partial charge on any atom is -0.298 e. The highest BCUT2D eigenvalue weighted by Crippen LogP contribution is 2.28. The third-order valence-electron chi connectivity index (χ3n) is 2.15. The summed E-state index contributed by atoms with van der Waals surface area (Å²) in [6, 6.07) is 4.17. The number of carbonyl (C=O) groups is 1. The molecule has 0 unspecified atom stereocenters. The van der Waals surface area contributed by atoms with Gasteiger partial charge in [-0.05, 0) is 18.2 Å². The number of alkyl halides is 3. The summed E-state index contributed by atoms with van der Waals surface area (Å²) in [6.07, 6.45) is -3.39. The van der Waals surface area contributed by atoms with Crippen molar-refractivity contribution in [2.75, 3.05) is 0 Å². The second-order valence-corrected chi connectivity index (χ2v) is 3.80. The first-order chi connectivity index (χ1) is 8.41. The van der Waals surface area contributed by atoms with Crippen LogP contribution < -0.4 is 0 Å². The zero-order chi connectivity index (χ0) is 13.3. The number of hydrogen-bond acceptors (Lipinski definition) is 3. The monoisotopic (exact) mass is 275 g/mol. The molecule has 0 bridgehead atoms. The zero-order valence-electron chi connectivity index (χ0n) is 8.65. The number of hydrogen-bond donors (Lipinski definition) is 0. The van der Waals surface area contributed by atoms with Crippen LogP contribution in [-0.2, 0) is 6.18 Å². The van der Waals surface area contributed by atoms with Crippen molar-refractivity contribution in [2.24, 2.45) is 0 Å². The summed E-state index contributed by atoms with van der Waals surface area (Å²) >= 11 is 5.68. The largest absolute Gasteiger partial charge is 0.436 e. The van der Waals surface area contributed by atoms with Gasteiger partial charge >= 0.3 is 6.18 Å². The second kappa shape index (κ2) is 4.41. The summed E-state index contributed by atoms with van der Waals surface area (Å²) in [5, 5.41) is 6.64. The molecule has 0 aliphatic carbocycles. The maximum Gasteiger partial charge on any atom is 0.436 e. The van der Waals surface area contributed by atoms with Crippen LogP contribution in [0.5, 0.6) is 0 Å². The Kier molecular flexibility index (Phi) is 3.08. The molecule has 0 fully saturated rings. The molecule has 8 heteroatoms. The fraction of sp³-hybridized carbons (Fsp3) is 0.100. The number of carbonyl (C=O) groups excluding carboxylic acids is 1. The van der Waals surface area contributed by atoms with Gasteiger partial charge in [0.05, 0.1) is 11.9 Å². The number of aldehydes is 1. The SMILES string of the molecule is O=Cc1cc(Cl)ccc1-n1cc(C(F)(F)F)nn1. The van der Waals surface area contributed by atoms with Crippen molar-refractivity contribution in [3.8, 4) is 5.69 Å². The number of halogens is 4. The molecule has 0 radical (unpaired) electrons. The van der Waals surface area contributed by atoms with Gasteiger partial charge in [0.2, 0.25) is 0 Å². The summed E-state index contributed by atoms with van der Waals surface area (Å²) in [5.74, 6) is 0. The van der Waals surface area contributed by atoms with Crippen LogP contribution in [0, 0.1) is 0 Å². The van der Waals surface area contributed by atoms with Crippen LogP contribution >= 0.6 is 11.6 Å². The summed E-state index contributed by atoms with van der Waals surface area (Å²) in [6.45, 7) is 0. The zero-order valence-corrected chi connectivity index (χ0v) is 9.40. The number of rotatable bonds is 2. The first-order valence-electron chi connectivity index (χ1n) is 4.66. The molecule has 0 aliphatic rings. The lowest BCUT2D eigenvalue weighted by Gasteiger charge is -2.04. The smallest absolute Gasteiger partial charge is 0.298 e. The third-order valence-corrected chi connectivity index (χ3v) is 2.38. The predicted molar refractivity (Wildman–Crippen MR) is 56.8 cm³/mol. The standard InChI is InChI=1S/C10H5ClF3N3O/c11-7-1-2-8(6(3-7)5-18)17-4-9(15-16-17)10(12,13)14/h1-5H. The van der Waals surface area contributed by atoms with E-state index in [1.54, 1.807) is 0 Å². The third kappa shape index (κ3) is 2.35. The molecule has 2 aromatic rings. The summed E-state index contributed by atoms with van der Waals surface area (Å²) in [4.78, 5) is 10.8. The van der Waals surface area contributed by atoms with E-state index in [1.165, 1.54) is 18.2 Å². The quantitative estimate of drug-likeness (QED) is 0.792. The molecule has 1 aromatic carbocycles. The van der Waals surface area contributed by atoms with Crippen LogP contribution in [0.15, 0.2) is 24.4 Å². The molecule has 1 heterocycles. The lowest BCUT2D eigenvalue weighted by molar-refractivity contribution is -0.141. The van der Waals surface area contributed by atoms with Crippen molar-refractivity contribution < 1.29 is 18.0 Å². The van der Waals surface area contributed by atoms with Crippen LogP contribution in [0.3, 0.4) is 0 Å². The van der Waals surface area contributed by atoms with E-state index in [-0.39, 0.29) is 11.3 Å². The fourth-order valence-electron chi connectivity index (χ4n) is 1.34. The van der Waals surface area contributed by atoms with Crippen LogP contribution in [0.1, 0.15) is 16.1 Å². The molecular formula is C10H5ClF3N3O. The molecule has 0 atom stereocenters. The molecule has 0 saturated heterocycles. The highest BCUT2D eigenvalue weighted by Gasteiger charge is 2.34. The van der Waals surface area contributed by atoms with Gasteiger partial charge in [0.15, 0.2) is 12.0 Å². The van der Waals surface area contributed by atoms with Crippen molar-refractivity contribution in [3.63, 3.8) is 0 Å². The molecule has 0 aliphatic heterocycles. The minimum atomic E-state index is -4.58. The Balaban J connectivity index is 2.49. The fourth-order valence-corrected chi connectivity index (χ4v) is 1.52. The summed E-state index contributed by atoms with van der Waals surface area (Å²) in [5.41, 5.74) is -0.826. The Morgan fingerprint density at radius 3 is 2.61 bits per heavy atom. The molecule has 0 amide bonds. The van der Waals surface area contributed by atoms with Crippen LogP contribution in [0.4, 0.5) is 13.2 Å². The van der Waals surface area contributed by atoms with Gasteiger partial charge in [-0.2, -0.15) is 13.2 Å². The van der Waals surface area contributed by atoms with E-state index in [0.717, 1.165) is 4.68 Å². The highest BCUT2D eigenvalue weighted by atomic mass is 35.5. The number of aromatic nitrogens is 3. The molecule has 0 N–H and O–H groups in total. The van der Waals surface area contributed by atoms with Crippen molar-refractivity contribution in [3.05, 3.63) is 40.7 Å². The van der Waals surface area contributed by atoms with E-state index in [2.05, 4.69) is 10.3 Å². The van der Waals surface area contributed by atoms with Gasteiger partial charge in [0.25, 0.3) is 0 Å². The molecule has 1 aromatic heterocycles. The average Bonchev–Trinajstić information content (AvgIpc) is 2.77. The number of benzene rings is 1. The Labute approximate surface area is 104 Å². The molecule has 18 heavy (non-hydrogen) atoms. The number of nitrogens with zero attached hydrogens (tertiary/aromatic N) is 3. The molecule has 4 nitrogen and oxygen atoms in total.